The molecule has 0 fully saturated rings. The summed E-state index contributed by atoms with van der Waals surface area (Å²) >= 11 is 0. The van der Waals surface area contributed by atoms with Gasteiger partial charge in [0.1, 0.15) is 0 Å². The highest BCUT2D eigenvalue weighted by Gasteiger charge is 1.65. The molecule has 0 aliphatic rings. The van der Waals surface area contributed by atoms with Crippen molar-refractivity contribution in [3.8, 4) is 0 Å². The van der Waals surface area contributed by atoms with E-state index in [1.807, 2.05) is 0 Å². The summed E-state index contributed by atoms with van der Waals surface area (Å²) in [6, 6.07) is 0. The van der Waals surface area contributed by atoms with Crippen molar-refractivity contribution < 1.29 is 24.9 Å². The molecule has 0 rings (SSSR count). The first kappa shape index (κ1) is 15.7. The predicted molar refractivity (Wildman–Crippen MR) is 30.1 cm³/mol. The first-order valence-electron chi connectivity index (χ1n) is 1.87. The molecule has 0 spiro atoms. The van der Waals surface area contributed by atoms with E-state index in [1.54, 1.807) is 0 Å². The Labute approximate surface area is 52.6 Å². The van der Waals surface area contributed by atoms with Crippen molar-refractivity contribution in [2.24, 2.45) is 0 Å². The van der Waals surface area contributed by atoms with Crippen molar-refractivity contribution in [1.29, 1.82) is 0 Å². The molecule has 5 nitrogen and oxygen atoms in total. The molecular weight excluding hydrogens is 128 g/mol. The lowest BCUT2D eigenvalue weighted by Crippen LogP contribution is -1.78. The van der Waals surface area contributed by atoms with E-state index < -0.39 is 5.97 Å². The summed E-state index contributed by atoms with van der Waals surface area (Å²) in [5.41, 5.74) is 0. The Morgan fingerprint density at radius 2 is 1.44 bits per heavy atom. The Morgan fingerprint density at radius 3 is 1.44 bits per heavy atom. The molecule has 0 aromatic heterocycles. The Kier molecular flexibility index (Phi) is 49.7. The van der Waals surface area contributed by atoms with Crippen LogP contribution >= 0.6 is 0 Å². The molecule has 0 aromatic carbocycles. The molecular formula is C4H10O5. The summed E-state index contributed by atoms with van der Waals surface area (Å²) in [5.74, 6) is -0.833. The van der Waals surface area contributed by atoms with E-state index in [9.17, 15) is 0 Å². The van der Waals surface area contributed by atoms with Gasteiger partial charge in [-0.25, -0.2) is 0 Å². The molecule has 56 valence electrons. The number of hydrogen-bond acceptors (Lipinski definition) is 3. The monoisotopic (exact) mass is 138 g/mol. The van der Waals surface area contributed by atoms with E-state index in [0.29, 0.717) is 0 Å². The van der Waals surface area contributed by atoms with Gasteiger partial charge in [0.25, 0.3) is 12.4 Å². The van der Waals surface area contributed by atoms with E-state index in [2.05, 4.69) is 0 Å². The quantitative estimate of drug-likeness (QED) is 0.388. The van der Waals surface area contributed by atoms with Crippen molar-refractivity contribution in [3.05, 3.63) is 0 Å². The third-order valence-electron chi connectivity index (χ3n) is 0. The summed E-state index contributed by atoms with van der Waals surface area (Å²) in [4.78, 5) is 17.4. The maximum Gasteiger partial charge on any atom is 0.300 e. The minimum absolute atomic E-state index is 0.250. The number of aliphatic hydroxyl groups excluding tert-OH is 1. The molecule has 0 amide bonds. The van der Waals surface area contributed by atoms with E-state index in [4.69, 9.17) is 24.9 Å². The van der Waals surface area contributed by atoms with Gasteiger partial charge in [0, 0.05) is 14.0 Å². The van der Waals surface area contributed by atoms with E-state index in [0.717, 1.165) is 14.0 Å². The lowest BCUT2D eigenvalue weighted by Gasteiger charge is -1.59. The first-order valence-corrected chi connectivity index (χ1v) is 1.87. The van der Waals surface area contributed by atoms with Crippen LogP contribution in [-0.2, 0) is 9.59 Å². The fraction of sp³-hybridized carbons (Fsp3) is 0.500. The van der Waals surface area contributed by atoms with Crippen LogP contribution in [0.1, 0.15) is 6.92 Å². The van der Waals surface area contributed by atoms with Crippen molar-refractivity contribution in [3.63, 3.8) is 0 Å². The minimum Gasteiger partial charge on any atom is -0.483 e. The maximum atomic E-state index is 9.00. The van der Waals surface area contributed by atoms with Crippen LogP contribution in [0.4, 0.5) is 0 Å². The highest BCUT2D eigenvalue weighted by Crippen LogP contribution is 1.42. The van der Waals surface area contributed by atoms with Crippen molar-refractivity contribution >= 4 is 12.4 Å². The number of carboxylic acid groups (broad SMARTS) is 2. The topological polar surface area (TPSA) is 94.8 Å². The largest absolute Gasteiger partial charge is 0.483 e. The number of rotatable bonds is 0. The lowest BCUT2D eigenvalue weighted by molar-refractivity contribution is -0.134. The van der Waals surface area contributed by atoms with Gasteiger partial charge in [-0.15, -0.1) is 0 Å². The van der Waals surface area contributed by atoms with Crippen molar-refractivity contribution in [1.82, 2.24) is 0 Å². The number of aliphatic carboxylic acids is 1. The van der Waals surface area contributed by atoms with Crippen LogP contribution in [0.5, 0.6) is 0 Å². The average molecular weight is 138 g/mol. The number of aliphatic hydroxyl groups is 1. The molecule has 5 heteroatoms. The summed E-state index contributed by atoms with van der Waals surface area (Å²) < 4.78 is 0. The zero-order valence-corrected chi connectivity index (χ0v) is 5.24. The van der Waals surface area contributed by atoms with Gasteiger partial charge in [-0.2, -0.15) is 0 Å². The van der Waals surface area contributed by atoms with Crippen LogP contribution in [0.15, 0.2) is 0 Å². The van der Waals surface area contributed by atoms with E-state index in [1.165, 1.54) is 0 Å². The van der Waals surface area contributed by atoms with Crippen molar-refractivity contribution in [2.45, 2.75) is 6.92 Å². The van der Waals surface area contributed by atoms with Crippen LogP contribution in [0.3, 0.4) is 0 Å². The second-order valence-electron chi connectivity index (χ2n) is 0.624. The van der Waals surface area contributed by atoms with Gasteiger partial charge in [-0.1, -0.05) is 0 Å². The standard InChI is InChI=1S/C2H4O2.CH2O2.CH4O/c1-2(3)4;2-1-3;1-2/h1H3,(H,3,4);1H,(H,2,3);2H,1H3. The fourth-order valence-corrected chi connectivity index (χ4v) is 0. The third-order valence-corrected chi connectivity index (χ3v) is 0. The number of carboxylic acids is 1. The predicted octanol–water partition coefficient (Wildman–Crippen LogP) is -0.600. The Bertz CT molecular complexity index is 56.0. The maximum absolute atomic E-state index is 9.00. The second-order valence-corrected chi connectivity index (χ2v) is 0.624. The first-order chi connectivity index (χ1) is 4.15. The Hall–Kier alpha value is -1.10. The molecule has 0 unspecified atom stereocenters. The number of carbonyl (C=O) groups is 2. The molecule has 0 saturated carbocycles. The third kappa shape index (κ3) is 137. The highest BCUT2D eigenvalue weighted by molar-refractivity contribution is 5.62. The molecule has 3 N–H and O–H groups in total. The van der Waals surface area contributed by atoms with Crippen LogP contribution in [-0.4, -0.2) is 34.9 Å². The Morgan fingerprint density at radius 1 is 1.44 bits per heavy atom. The molecule has 0 saturated heterocycles. The van der Waals surface area contributed by atoms with Crippen molar-refractivity contribution in [2.75, 3.05) is 7.11 Å². The lowest BCUT2D eigenvalue weighted by atomic mass is 10.9. The smallest absolute Gasteiger partial charge is 0.300 e. The zero-order valence-electron chi connectivity index (χ0n) is 5.24. The van der Waals surface area contributed by atoms with Crippen LogP contribution < -0.4 is 0 Å². The van der Waals surface area contributed by atoms with Gasteiger partial charge in [0.05, 0.1) is 0 Å². The second kappa shape index (κ2) is 28.6. The molecule has 0 radical (unpaired) electrons. The Balaban J connectivity index is -0.0000000646. The molecule has 0 atom stereocenters. The number of hydrogen-bond donors (Lipinski definition) is 3. The molecule has 0 aromatic rings. The zero-order chi connectivity index (χ0) is 8.28. The molecule has 0 bridgehead atoms. The van der Waals surface area contributed by atoms with Crippen LogP contribution in [0, 0.1) is 0 Å². The minimum atomic E-state index is -0.833. The fourth-order valence-electron chi connectivity index (χ4n) is 0. The van der Waals surface area contributed by atoms with Gasteiger partial charge in [0.2, 0.25) is 0 Å². The van der Waals surface area contributed by atoms with Crippen LogP contribution in [0.2, 0.25) is 0 Å². The van der Waals surface area contributed by atoms with Gasteiger partial charge in [-0.3, -0.25) is 9.59 Å². The summed E-state index contributed by atoms with van der Waals surface area (Å²) in [6.07, 6.45) is 0. The molecule has 0 aliphatic carbocycles. The van der Waals surface area contributed by atoms with Crippen LogP contribution in [0.25, 0.3) is 0 Å². The van der Waals surface area contributed by atoms with Gasteiger partial charge >= 0.3 is 0 Å². The summed E-state index contributed by atoms with van der Waals surface area (Å²) in [5, 5.41) is 21.3. The van der Waals surface area contributed by atoms with E-state index in [-0.39, 0.29) is 6.47 Å². The van der Waals surface area contributed by atoms with E-state index >= 15 is 0 Å². The summed E-state index contributed by atoms with van der Waals surface area (Å²) in [6.45, 7) is 0.833. The summed E-state index contributed by atoms with van der Waals surface area (Å²) in [7, 11) is 1.00. The molecule has 0 aliphatic heterocycles. The SMILES string of the molecule is CC(=O)O.CO.O=CO. The van der Waals surface area contributed by atoms with Gasteiger partial charge in [0.15, 0.2) is 0 Å². The molecule has 9 heavy (non-hydrogen) atoms. The highest BCUT2D eigenvalue weighted by atomic mass is 16.4. The molecule has 0 heterocycles. The van der Waals surface area contributed by atoms with Gasteiger partial charge in [-0.05, 0) is 0 Å². The normalized spacial score (nSPS) is 4.78. The average Bonchev–Trinajstić information content (AvgIpc) is 1.71. The van der Waals surface area contributed by atoms with Gasteiger partial charge < -0.3 is 15.3 Å².